The van der Waals surface area contributed by atoms with Gasteiger partial charge in [-0.25, -0.2) is 9.18 Å². The first kappa shape index (κ1) is 14.3. The molecule has 0 unspecified atom stereocenters. The highest BCUT2D eigenvalue weighted by Gasteiger charge is 2.15. The van der Waals surface area contributed by atoms with Gasteiger partial charge in [0.25, 0.3) is 0 Å². The molecule has 5 nitrogen and oxygen atoms in total. The number of aliphatic hydroxyl groups excluding tert-OH is 1. The third-order valence-corrected chi connectivity index (χ3v) is 2.85. The number of aliphatic hydroxyl groups is 1. The Morgan fingerprint density at radius 2 is 2.20 bits per heavy atom. The normalized spacial score (nSPS) is 14.0. The summed E-state index contributed by atoms with van der Waals surface area (Å²) in [6, 6.07) is 5.53. The fourth-order valence-electron chi connectivity index (χ4n) is 1.82. The number of nitrogens with one attached hydrogen (secondary N) is 2. The smallest absolute Gasteiger partial charge is 0.315 e. The van der Waals surface area contributed by atoms with Gasteiger partial charge in [-0.05, 0) is 26.0 Å². The molecule has 0 fully saturated rings. The Bertz CT molecular complexity index is 609. The van der Waals surface area contributed by atoms with E-state index >= 15 is 0 Å². The topological polar surface area (TPSA) is 74.5 Å². The summed E-state index contributed by atoms with van der Waals surface area (Å²) in [6.45, 7) is 3.47. The zero-order chi connectivity index (χ0) is 14.7. The Labute approximate surface area is 115 Å². The molecular formula is C14H17FN2O3. The zero-order valence-corrected chi connectivity index (χ0v) is 11.3. The molecule has 1 aromatic carbocycles. The molecule has 108 valence electrons. The van der Waals surface area contributed by atoms with E-state index in [4.69, 9.17) is 9.52 Å². The first-order valence-electron chi connectivity index (χ1n) is 6.37. The molecule has 0 aliphatic rings. The molecule has 2 atom stereocenters. The van der Waals surface area contributed by atoms with Crippen LogP contribution in [0.3, 0.4) is 0 Å². The van der Waals surface area contributed by atoms with Crippen LogP contribution in [0.25, 0.3) is 11.0 Å². The maximum atomic E-state index is 13.5. The van der Waals surface area contributed by atoms with Crippen LogP contribution in [0.4, 0.5) is 9.18 Å². The van der Waals surface area contributed by atoms with E-state index in [0.717, 1.165) is 0 Å². The minimum Gasteiger partial charge on any atom is -0.456 e. The van der Waals surface area contributed by atoms with Gasteiger partial charge in [-0.2, -0.15) is 0 Å². The molecule has 0 spiro atoms. The van der Waals surface area contributed by atoms with Gasteiger partial charge in [0, 0.05) is 11.9 Å². The van der Waals surface area contributed by atoms with E-state index in [1.165, 1.54) is 6.07 Å². The highest BCUT2D eigenvalue weighted by atomic mass is 19.1. The summed E-state index contributed by atoms with van der Waals surface area (Å²) in [4.78, 5) is 11.6. The molecule has 6 heteroatoms. The van der Waals surface area contributed by atoms with Crippen LogP contribution in [-0.4, -0.2) is 23.8 Å². The SMILES string of the molecule is C[C@H](NC(=O)NC[C@@H](C)O)c1cc2cccc(F)c2o1. The average molecular weight is 280 g/mol. The van der Waals surface area contributed by atoms with Crippen LogP contribution < -0.4 is 10.6 Å². The van der Waals surface area contributed by atoms with Crippen LogP contribution in [-0.2, 0) is 0 Å². The first-order chi connectivity index (χ1) is 9.47. The van der Waals surface area contributed by atoms with Gasteiger partial charge in [0.15, 0.2) is 11.4 Å². The van der Waals surface area contributed by atoms with E-state index in [9.17, 15) is 9.18 Å². The lowest BCUT2D eigenvalue weighted by atomic mass is 10.2. The maximum Gasteiger partial charge on any atom is 0.315 e. The van der Waals surface area contributed by atoms with Crippen molar-refractivity contribution in [1.29, 1.82) is 0 Å². The van der Waals surface area contributed by atoms with Crippen LogP contribution >= 0.6 is 0 Å². The predicted octanol–water partition coefficient (Wildman–Crippen LogP) is 2.31. The molecular weight excluding hydrogens is 263 g/mol. The molecule has 2 rings (SSSR count). The highest BCUT2D eigenvalue weighted by Crippen LogP contribution is 2.25. The molecule has 0 aliphatic heterocycles. The van der Waals surface area contributed by atoms with Crippen molar-refractivity contribution in [3.63, 3.8) is 0 Å². The summed E-state index contributed by atoms with van der Waals surface area (Å²) in [5.41, 5.74) is 0.181. The number of fused-ring (bicyclic) bond motifs is 1. The van der Waals surface area contributed by atoms with E-state index in [1.807, 2.05) is 0 Å². The van der Waals surface area contributed by atoms with E-state index in [2.05, 4.69) is 10.6 Å². The molecule has 0 bridgehead atoms. The standard InChI is InChI=1S/C14H17FN2O3/c1-8(18)7-16-14(19)17-9(2)12-6-10-4-3-5-11(15)13(10)20-12/h3-6,8-9,18H,7H2,1-2H3,(H2,16,17,19)/t8-,9+/m1/s1. The molecule has 2 amide bonds. The second-order valence-electron chi connectivity index (χ2n) is 4.73. The van der Waals surface area contributed by atoms with E-state index in [1.54, 1.807) is 32.0 Å². The Balaban J connectivity index is 2.06. The lowest BCUT2D eigenvalue weighted by Crippen LogP contribution is -2.40. The highest BCUT2D eigenvalue weighted by molar-refractivity contribution is 5.79. The van der Waals surface area contributed by atoms with Crippen LogP contribution in [0, 0.1) is 5.82 Å². The Hall–Kier alpha value is -2.08. The summed E-state index contributed by atoms with van der Waals surface area (Å²) < 4.78 is 18.9. The number of carbonyl (C=O) groups excluding carboxylic acids is 1. The second-order valence-corrected chi connectivity index (χ2v) is 4.73. The van der Waals surface area contributed by atoms with Gasteiger partial charge in [-0.1, -0.05) is 12.1 Å². The number of rotatable bonds is 4. The van der Waals surface area contributed by atoms with Crippen LogP contribution in [0.5, 0.6) is 0 Å². The number of halogens is 1. The Morgan fingerprint density at radius 3 is 2.85 bits per heavy atom. The number of urea groups is 1. The van der Waals surface area contributed by atoms with Crippen LogP contribution in [0.15, 0.2) is 28.7 Å². The number of hydrogen-bond acceptors (Lipinski definition) is 3. The largest absolute Gasteiger partial charge is 0.456 e. The fourth-order valence-corrected chi connectivity index (χ4v) is 1.82. The monoisotopic (exact) mass is 280 g/mol. The molecule has 0 saturated heterocycles. The molecule has 20 heavy (non-hydrogen) atoms. The van der Waals surface area contributed by atoms with Gasteiger partial charge < -0.3 is 20.2 Å². The Morgan fingerprint density at radius 1 is 1.45 bits per heavy atom. The van der Waals surface area contributed by atoms with Crippen molar-refractivity contribution >= 4 is 17.0 Å². The number of hydrogen-bond donors (Lipinski definition) is 3. The minimum atomic E-state index is -0.614. The molecule has 0 radical (unpaired) electrons. The van der Waals surface area contributed by atoms with Gasteiger partial charge in [0.1, 0.15) is 5.76 Å². The molecule has 1 aromatic heterocycles. The zero-order valence-electron chi connectivity index (χ0n) is 11.3. The molecule has 3 N–H and O–H groups in total. The van der Waals surface area contributed by atoms with E-state index in [0.29, 0.717) is 11.1 Å². The third kappa shape index (κ3) is 3.27. The van der Waals surface area contributed by atoms with Crippen molar-refractivity contribution in [2.24, 2.45) is 0 Å². The van der Waals surface area contributed by atoms with Crippen LogP contribution in [0.1, 0.15) is 25.6 Å². The predicted molar refractivity (Wildman–Crippen MR) is 72.8 cm³/mol. The lowest BCUT2D eigenvalue weighted by Gasteiger charge is -2.13. The van der Waals surface area contributed by atoms with Crippen molar-refractivity contribution in [3.8, 4) is 0 Å². The van der Waals surface area contributed by atoms with Crippen molar-refractivity contribution in [3.05, 3.63) is 35.8 Å². The fraction of sp³-hybridized carbons (Fsp3) is 0.357. The van der Waals surface area contributed by atoms with E-state index < -0.39 is 24.0 Å². The number of carbonyl (C=O) groups is 1. The van der Waals surface area contributed by atoms with Gasteiger partial charge in [-0.15, -0.1) is 0 Å². The van der Waals surface area contributed by atoms with Crippen molar-refractivity contribution in [2.75, 3.05) is 6.54 Å². The van der Waals surface area contributed by atoms with Gasteiger partial charge in [-0.3, -0.25) is 0 Å². The summed E-state index contributed by atoms with van der Waals surface area (Å²) in [7, 11) is 0. The van der Waals surface area contributed by atoms with Crippen molar-refractivity contribution < 1.29 is 18.7 Å². The second kappa shape index (κ2) is 5.92. The van der Waals surface area contributed by atoms with Gasteiger partial charge >= 0.3 is 6.03 Å². The number of furan rings is 1. The Kier molecular flexibility index (Phi) is 4.24. The van der Waals surface area contributed by atoms with Crippen molar-refractivity contribution in [2.45, 2.75) is 26.0 Å². The van der Waals surface area contributed by atoms with Gasteiger partial charge in [0.2, 0.25) is 0 Å². The number of amides is 2. The lowest BCUT2D eigenvalue weighted by molar-refractivity contribution is 0.186. The van der Waals surface area contributed by atoms with Gasteiger partial charge in [0.05, 0.1) is 12.1 Å². The number of para-hydroxylation sites is 1. The summed E-state index contributed by atoms with van der Waals surface area (Å²) in [5, 5.41) is 14.9. The molecule has 1 heterocycles. The van der Waals surface area contributed by atoms with Crippen LogP contribution in [0.2, 0.25) is 0 Å². The third-order valence-electron chi connectivity index (χ3n) is 2.85. The quantitative estimate of drug-likeness (QED) is 0.804. The summed E-state index contributed by atoms with van der Waals surface area (Å²) in [5.74, 6) is 0.0387. The summed E-state index contributed by atoms with van der Waals surface area (Å²) >= 11 is 0. The minimum absolute atomic E-state index is 0.160. The molecule has 0 aliphatic carbocycles. The number of benzene rings is 1. The van der Waals surface area contributed by atoms with Crippen molar-refractivity contribution in [1.82, 2.24) is 10.6 Å². The molecule has 2 aromatic rings. The first-order valence-corrected chi connectivity index (χ1v) is 6.37. The average Bonchev–Trinajstić information content (AvgIpc) is 2.82. The summed E-state index contributed by atoms with van der Waals surface area (Å²) in [6.07, 6.45) is -0.614. The maximum absolute atomic E-state index is 13.5. The van der Waals surface area contributed by atoms with E-state index in [-0.39, 0.29) is 12.1 Å². The molecule has 0 saturated carbocycles.